The van der Waals surface area contributed by atoms with Crippen LogP contribution in [0.5, 0.6) is 5.75 Å². The lowest BCUT2D eigenvalue weighted by Crippen LogP contribution is -2.45. The Balaban J connectivity index is 1.63. The number of carbonyl (C=O) groups excluding carboxylic acids is 1. The molecule has 1 atom stereocenters. The second-order valence-electron chi connectivity index (χ2n) is 7.16. The third-order valence-electron chi connectivity index (χ3n) is 5.15. The van der Waals surface area contributed by atoms with Crippen LogP contribution in [0.1, 0.15) is 42.4 Å². The molecule has 1 aliphatic rings. The van der Waals surface area contributed by atoms with E-state index in [0.717, 1.165) is 24.9 Å². The molecule has 1 fully saturated rings. The van der Waals surface area contributed by atoms with Crippen LogP contribution < -0.4 is 10.1 Å². The number of carbonyl (C=O) groups is 1. The van der Waals surface area contributed by atoms with E-state index in [2.05, 4.69) is 15.6 Å². The summed E-state index contributed by atoms with van der Waals surface area (Å²) in [6.07, 6.45) is 2.80. The number of benzene rings is 1. The molecule has 1 aliphatic heterocycles. The van der Waals surface area contributed by atoms with Crippen molar-refractivity contribution in [3.05, 3.63) is 35.7 Å². The van der Waals surface area contributed by atoms with E-state index in [1.54, 1.807) is 29.1 Å². The van der Waals surface area contributed by atoms with Crippen LogP contribution in [0.3, 0.4) is 0 Å². The number of ether oxygens (including phenoxy) is 1. The number of methoxy groups -OCH3 is 1. The van der Waals surface area contributed by atoms with Crippen LogP contribution in [0.4, 0.5) is 0 Å². The highest BCUT2D eigenvalue weighted by molar-refractivity contribution is 7.89. The summed E-state index contributed by atoms with van der Waals surface area (Å²) in [5.41, 5.74) is 1.44. The lowest BCUT2D eigenvalue weighted by molar-refractivity contribution is 0.0950. The van der Waals surface area contributed by atoms with Crippen molar-refractivity contribution < 1.29 is 17.9 Å². The quantitative estimate of drug-likeness (QED) is 0.726. The number of amides is 1. The molecule has 1 N–H and O–H groups in total. The minimum atomic E-state index is -3.40. The maximum absolute atomic E-state index is 12.6. The van der Waals surface area contributed by atoms with Crippen LogP contribution in [-0.4, -0.2) is 65.6 Å². The topological polar surface area (TPSA) is 106 Å². The molecule has 3 rings (SSSR count). The van der Waals surface area contributed by atoms with Crippen molar-refractivity contribution in [1.82, 2.24) is 24.6 Å². The van der Waals surface area contributed by atoms with Gasteiger partial charge in [0.05, 0.1) is 24.2 Å². The Kier molecular flexibility index (Phi) is 6.53. The number of nitrogens with one attached hydrogen (secondary N) is 1. The fourth-order valence-electron chi connectivity index (χ4n) is 3.51. The van der Waals surface area contributed by atoms with Gasteiger partial charge in [0.2, 0.25) is 10.0 Å². The molecule has 1 aromatic heterocycles. The molecule has 0 saturated carbocycles. The maximum atomic E-state index is 12.6. The van der Waals surface area contributed by atoms with Crippen molar-refractivity contribution in [1.29, 1.82) is 0 Å². The summed E-state index contributed by atoms with van der Waals surface area (Å²) in [5.74, 6) is 0.0886. The van der Waals surface area contributed by atoms with E-state index in [1.165, 1.54) is 0 Å². The Hall–Kier alpha value is -2.46. The van der Waals surface area contributed by atoms with Crippen molar-refractivity contribution in [3.8, 4) is 11.4 Å². The average Bonchev–Trinajstić information content (AvgIpc) is 3.09. The van der Waals surface area contributed by atoms with Gasteiger partial charge in [-0.3, -0.25) is 4.79 Å². The molecule has 0 spiro atoms. The summed E-state index contributed by atoms with van der Waals surface area (Å²) < 4.78 is 33.4. The second-order valence-corrected chi connectivity index (χ2v) is 9.21. The predicted molar refractivity (Wildman–Crippen MR) is 109 cm³/mol. The van der Waals surface area contributed by atoms with Crippen molar-refractivity contribution in [2.75, 3.05) is 26.0 Å². The van der Waals surface area contributed by atoms with E-state index >= 15 is 0 Å². The Morgan fingerprint density at radius 2 is 2.14 bits per heavy atom. The monoisotopic (exact) mass is 421 g/mol. The molecule has 2 heterocycles. The maximum Gasteiger partial charge on any atom is 0.273 e. The summed E-state index contributed by atoms with van der Waals surface area (Å²) in [6.45, 7) is 4.23. The zero-order valence-electron chi connectivity index (χ0n) is 17.0. The second kappa shape index (κ2) is 8.91. The molecular weight excluding hydrogens is 394 g/mol. The third kappa shape index (κ3) is 4.76. The first-order valence-corrected chi connectivity index (χ1v) is 11.3. The van der Waals surface area contributed by atoms with Crippen molar-refractivity contribution in [3.63, 3.8) is 0 Å². The predicted octanol–water partition coefficient (Wildman–Crippen LogP) is 1.52. The molecule has 1 saturated heterocycles. The fourth-order valence-corrected chi connectivity index (χ4v) is 5.16. The highest BCUT2D eigenvalue weighted by Gasteiger charge is 2.29. The molecule has 0 aliphatic carbocycles. The van der Waals surface area contributed by atoms with Gasteiger partial charge in [-0.1, -0.05) is 17.7 Å². The molecule has 10 heteroatoms. The first-order chi connectivity index (χ1) is 13.8. The molecule has 0 bridgehead atoms. The number of hydrogen-bond acceptors (Lipinski definition) is 6. The summed E-state index contributed by atoms with van der Waals surface area (Å²) in [7, 11) is -1.83. The van der Waals surface area contributed by atoms with Crippen molar-refractivity contribution >= 4 is 15.9 Å². The van der Waals surface area contributed by atoms with E-state index in [4.69, 9.17) is 4.74 Å². The Labute approximate surface area is 171 Å². The summed E-state index contributed by atoms with van der Waals surface area (Å²) in [4.78, 5) is 12.5. The first kappa shape index (κ1) is 21.3. The van der Waals surface area contributed by atoms with Crippen LogP contribution in [0.25, 0.3) is 5.69 Å². The number of sulfonamides is 1. The average molecular weight is 422 g/mol. The normalized spacial score (nSPS) is 17.8. The smallest absolute Gasteiger partial charge is 0.273 e. The van der Waals surface area contributed by atoms with Crippen LogP contribution in [0.15, 0.2) is 24.3 Å². The highest BCUT2D eigenvalue weighted by atomic mass is 32.2. The zero-order chi connectivity index (χ0) is 21.0. The van der Waals surface area contributed by atoms with Crippen LogP contribution in [0.2, 0.25) is 0 Å². The Morgan fingerprint density at radius 1 is 1.34 bits per heavy atom. The third-order valence-corrected chi connectivity index (χ3v) is 7.13. The van der Waals surface area contributed by atoms with E-state index < -0.39 is 15.9 Å². The summed E-state index contributed by atoms with van der Waals surface area (Å²) >= 11 is 0. The highest BCUT2D eigenvalue weighted by Crippen LogP contribution is 2.20. The largest absolute Gasteiger partial charge is 0.497 e. The molecule has 158 valence electrons. The van der Waals surface area contributed by atoms with E-state index in [0.29, 0.717) is 18.0 Å². The Morgan fingerprint density at radius 3 is 2.86 bits per heavy atom. The molecular formula is C19H27N5O4S. The number of aromatic nitrogens is 3. The molecule has 1 amide bonds. The van der Waals surface area contributed by atoms with Crippen LogP contribution >= 0.6 is 0 Å². The van der Waals surface area contributed by atoms with Crippen LogP contribution in [0, 0.1) is 6.92 Å². The standard InChI is InChI=1S/C19H27N5O4S/c1-14-7-4-5-11-23(14)29(26,27)12-10-20-19(25)18-15(2)24(22-21-18)16-8-6-9-17(13-16)28-3/h6,8-9,13-14H,4-5,7,10-12H2,1-3H3,(H,20,25)/t14-/m0/s1. The first-order valence-electron chi connectivity index (χ1n) is 9.68. The van der Waals surface area contributed by atoms with Crippen molar-refractivity contribution in [2.45, 2.75) is 39.2 Å². The van der Waals surface area contributed by atoms with E-state index in [1.807, 2.05) is 25.1 Å². The number of piperidine rings is 1. The minimum absolute atomic E-state index is 0.00876. The summed E-state index contributed by atoms with van der Waals surface area (Å²) in [6, 6.07) is 7.26. The molecule has 2 aromatic rings. The van der Waals surface area contributed by atoms with Crippen molar-refractivity contribution in [2.24, 2.45) is 0 Å². The van der Waals surface area contributed by atoms with Gasteiger partial charge in [0.1, 0.15) is 5.75 Å². The molecule has 1 aromatic carbocycles. The minimum Gasteiger partial charge on any atom is -0.497 e. The SMILES string of the molecule is COc1cccc(-n2nnc(C(=O)NCCS(=O)(=O)N3CCCC[C@@H]3C)c2C)c1. The fraction of sp³-hybridized carbons (Fsp3) is 0.526. The van der Waals surface area contributed by atoms with Gasteiger partial charge in [0.25, 0.3) is 5.91 Å². The van der Waals surface area contributed by atoms with Gasteiger partial charge in [0, 0.05) is 25.2 Å². The van der Waals surface area contributed by atoms with Gasteiger partial charge in [-0.2, -0.15) is 4.31 Å². The van der Waals surface area contributed by atoms with Gasteiger partial charge in [-0.25, -0.2) is 13.1 Å². The zero-order valence-corrected chi connectivity index (χ0v) is 17.8. The van der Waals surface area contributed by atoms with Gasteiger partial charge >= 0.3 is 0 Å². The van der Waals surface area contributed by atoms with Gasteiger partial charge in [0.15, 0.2) is 5.69 Å². The summed E-state index contributed by atoms with van der Waals surface area (Å²) in [5, 5.41) is 10.7. The van der Waals surface area contributed by atoms with Gasteiger partial charge in [-0.15, -0.1) is 5.10 Å². The Bertz CT molecular complexity index is 973. The van der Waals surface area contributed by atoms with E-state index in [9.17, 15) is 13.2 Å². The number of nitrogens with zero attached hydrogens (tertiary/aromatic N) is 4. The number of hydrogen-bond donors (Lipinski definition) is 1. The molecule has 9 nitrogen and oxygen atoms in total. The van der Waals surface area contributed by atoms with Gasteiger partial charge in [-0.05, 0) is 38.8 Å². The van der Waals surface area contributed by atoms with Gasteiger partial charge < -0.3 is 10.1 Å². The number of rotatable bonds is 7. The lowest BCUT2D eigenvalue weighted by Gasteiger charge is -2.32. The molecule has 0 radical (unpaired) electrons. The molecule has 0 unspecified atom stereocenters. The molecule has 29 heavy (non-hydrogen) atoms. The lowest BCUT2D eigenvalue weighted by atomic mass is 10.1. The van der Waals surface area contributed by atoms with Crippen LogP contribution in [-0.2, 0) is 10.0 Å². The van der Waals surface area contributed by atoms with E-state index in [-0.39, 0.29) is 24.0 Å².